The Balaban J connectivity index is 1.53. The number of carbonyl (C=O) groups excluding carboxylic acids is 1. The molecule has 0 atom stereocenters. The van der Waals surface area contributed by atoms with Crippen LogP contribution in [0.3, 0.4) is 0 Å². The number of aromatic nitrogens is 2. The fourth-order valence-corrected chi connectivity index (χ4v) is 3.91. The van der Waals surface area contributed by atoms with E-state index in [0.29, 0.717) is 29.7 Å². The second kappa shape index (κ2) is 10.9. The number of methoxy groups -OCH3 is 1. The summed E-state index contributed by atoms with van der Waals surface area (Å²) in [6, 6.07) is 17.0. The lowest BCUT2D eigenvalue weighted by atomic mass is 10.1. The molecule has 2 heterocycles. The maximum Gasteiger partial charge on any atom is 0.320 e. The van der Waals surface area contributed by atoms with Crippen molar-refractivity contribution in [1.82, 2.24) is 5.27 Å². The first kappa shape index (κ1) is 23.4. The Bertz CT molecular complexity index is 1240. The minimum atomic E-state index is -0.431. The first-order chi connectivity index (χ1) is 16.5. The molecule has 2 aromatic carbocycles. The van der Waals surface area contributed by atoms with Gasteiger partial charge in [-0.3, -0.25) is 14.2 Å². The topological polar surface area (TPSA) is 107 Å². The van der Waals surface area contributed by atoms with Gasteiger partial charge in [-0.1, -0.05) is 59.8 Å². The maximum atomic E-state index is 13.2. The highest BCUT2D eigenvalue weighted by Gasteiger charge is 2.31. The predicted octanol–water partition coefficient (Wildman–Crippen LogP) is 2.48. The van der Waals surface area contributed by atoms with Crippen molar-refractivity contribution in [2.75, 3.05) is 24.4 Å². The average molecular weight is 478 g/mol. The number of para-hydroxylation sites is 1. The summed E-state index contributed by atoms with van der Waals surface area (Å²) < 4.78 is 11.5. The Morgan fingerprint density at radius 3 is 2.74 bits per heavy atom. The van der Waals surface area contributed by atoms with Crippen LogP contribution in [-0.2, 0) is 16.1 Å². The van der Waals surface area contributed by atoms with Gasteiger partial charge in [-0.05, 0) is 41.3 Å². The van der Waals surface area contributed by atoms with Gasteiger partial charge >= 0.3 is 5.88 Å². The van der Waals surface area contributed by atoms with E-state index in [1.54, 1.807) is 13.2 Å². The molecule has 3 aromatic rings. The third-order valence-corrected chi connectivity index (χ3v) is 5.73. The van der Waals surface area contributed by atoms with E-state index in [1.165, 1.54) is 15.8 Å². The quantitative estimate of drug-likeness (QED) is 0.214. The molecule has 1 aromatic heterocycles. The van der Waals surface area contributed by atoms with Crippen molar-refractivity contribution < 1.29 is 23.8 Å². The SMILES string of the molecule is COCC[n+]1cc(/N=C(\[O-])CSC2=N/C(=C/c3ccc(C)cc3)C(=O)N2c2ccccc2)on1. The first-order valence-electron chi connectivity index (χ1n) is 10.5. The molecule has 0 fully saturated rings. The maximum absolute atomic E-state index is 13.2. The molecule has 0 N–H and O–H groups in total. The smallest absolute Gasteiger partial charge is 0.320 e. The largest absolute Gasteiger partial charge is 0.861 e. The van der Waals surface area contributed by atoms with Crippen LogP contribution in [0.25, 0.3) is 6.08 Å². The first-order valence-corrected chi connectivity index (χ1v) is 11.5. The molecule has 9 nitrogen and oxygen atoms in total. The van der Waals surface area contributed by atoms with Crippen molar-refractivity contribution in [2.45, 2.75) is 13.5 Å². The number of anilines is 1. The standard InChI is InChI=1S/C24H23N5O4S/c1-17-8-10-18(11-9-17)14-20-23(31)29(19-6-4-3-5-7-19)24(25-20)34-16-21(30)26-22-15-28(27-33-22)12-13-32-2/h3-11,14-15H,12-13,16H2,1-2H3/b20-14+. The van der Waals surface area contributed by atoms with Crippen molar-refractivity contribution in [3.8, 4) is 0 Å². The Kier molecular flexibility index (Phi) is 7.51. The molecule has 0 radical (unpaired) electrons. The Hall–Kier alpha value is -3.76. The van der Waals surface area contributed by atoms with Gasteiger partial charge in [0.2, 0.25) is 11.8 Å². The van der Waals surface area contributed by atoms with Crippen molar-refractivity contribution in [1.29, 1.82) is 0 Å². The Morgan fingerprint density at radius 2 is 2.00 bits per heavy atom. The van der Waals surface area contributed by atoms with Gasteiger partial charge in [0.25, 0.3) is 12.1 Å². The van der Waals surface area contributed by atoms with Crippen LogP contribution in [0.2, 0.25) is 0 Å². The average Bonchev–Trinajstić information content (AvgIpc) is 3.42. The lowest BCUT2D eigenvalue weighted by Crippen LogP contribution is -2.36. The van der Waals surface area contributed by atoms with Gasteiger partial charge in [0.1, 0.15) is 12.3 Å². The van der Waals surface area contributed by atoms with Crippen molar-refractivity contribution >= 4 is 46.4 Å². The van der Waals surface area contributed by atoms with Crippen LogP contribution in [0, 0.1) is 6.92 Å². The fourth-order valence-electron chi connectivity index (χ4n) is 3.11. The number of thioether (sulfide) groups is 1. The normalized spacial score (nSPS) is 15.3. The molecule has 0 unspecified atom stereocenters. The van der Waals surface area contributed by atoms with Crippen LogP contribution in [-0.4, -0.2) is 41.7 Å². The van der Waals surface area contributed by atoms with E-state index in [0.717, 1.165) is 22.9 Å². The van der Waals surface area contributed by atoms with Crippen molar-refractivity contribution in [2.24, 2.45) is 9.98 Å². The molecule has 4 rings (SSSR count). The van der Waals surface area contributed by atoms with Gasteiger partial charge in [-0.2, -0.15) is 0 Å². The van der Waals surface area contributed by atoms with E-state index in [-0.39, 0.29) is 17.5 Å². The highest BCUT2D eigenvalue weighted by atomic mass is 32.2. The van der Waals surface area contributed by atoms with E-state index in [2.05, 4.69) is 15.3 Å². The molecule has 10 heteroatoms. The monoisotopic (exact) mass is 477 g/mol. The number of aliphatic imine (C=N–C) groups is 2. The summed E-state index contributed by atoms with van der Waals surface area (Å²) in [4.78, 5) is 23.2. The minimum Gasteiger partial charge on any atom is -0.861 e. The fraction of sp³-hybridized carbons (Fsp3) is 0.208. The van der Waals surface area contributed by atoms with Crippen LogP contribution in [0.4, 0.5) is 11.6 Å². The van der Waals surface area contributed by atoms with E-state index >= 15 is 0 Å². The molecule has 1 amide bonds. The summed E-state index contributed by atoms with van der Waals surface area (Å²) in [6.45, 7) is 2.95. The molecule has 34 heavy (non-hydrogen) atoms. The molecule has 1 aliphatic rings. The lowest BCUT2D eigenvalue weighted by molar-refractivity contribution is -0.763. The summed E-state index contributed by atoms with van der Waals surface area (Å²) in [5.41, 5.74) is 2.97. The molecule has 174 valence electrons. The van der Waals surface area contributed by atoms with Crippen LogP contribution in [0.15, 0.2) is 81.0 Å². The zero-order chi connectivity index (χ0) is 23.9. The summed E-state index contributed by atoms with van der Waals surface area (Å²) in [5, 5.41) is 16.6. The van der Waals surface area contributed by atoms with E-state index < -0.39 is 5.90 Å². The molecule has 0 aliphatic carbocycles. The van der Waals surface area contributed by atoms with Crippen LogP contribution in [0.5, 0.6) is 0 Å². The van der Waals surface area contributed by atoms with Crippen molar-refractivity contribution in [3.63, 3.8) is 0 Å². The second-order valence-electron chi connectivity index (χ2n) is 7.40. The Labute approximate surface area is 201 Å². The van der Waals surface area contributed by atoms with Gasteiger partial charge in [-0.15, -0.1) is 0 Å². The third kappa shape index (κ3) is 5.77. The zero-order valence-corrected chi connectivity index (χ0v) is 19.6. The highest BCUT2D eigenvalue weighted by molar-refractivity contribution is 8.14. The molecule has 0 bridgehead atoms. The molecule has 1 aliphatic heterocycles. The van der Waals surface area contributed by atoms with Crippen LogP contribution in [0.1, 0.15) is 11.1 Å². The van der Waals surface area contributed by atoms with Crippen LogP contribution < -0.4 is 14.7 Å². The third-order valence-electron chi connectivity index (χ3n) is 4.81. The number of hydrogen-bond acceptors (Lipinski definition) is 8. The minimum absolute atomic E-state index is 0.0218. The number of amides is 1. The lowest BCUT2D eigenvalue weighted by Gasteiger charge is -2.18. The number of ether oxygens (including phenoxy) is 1. The van der Waals surface area contributed by atoms with Gasteiger partial charge in [0.05, 0.1) is 5.69 Å². The van der Waals surface area contributed by atoms with Crippen LogP contribution >= 0.6 is 11.8 Å². The molecule has 0 saturated heterocycles. The van der Waals surface area contributed by atoms with E-state index in [1.807, 2.05) is 61.5 Å². The number of carbonyl (C=O) groups is 1. The van der Waals surface area contributed by atoms with Gasteiger partial charge < -0.3 is 9.84 Å². The number of hydrogen-bond donors (Lipinski definition) is 0. The van der Waals surface area contributed by atoms with E-state index in [4.69, 9.17) is 9.26 Å². The summed E-state index contributed by atoms with van der Waals surface area (Å²) in [7, 11) is 1.59. The molecule has 0 saturated carbocycles. The molecular weight excluding hydrogens is 454 g/mol. The van der Waals surface area contributed by atoms with Gasteiger partial charge in [-0.25, -0.2) is 9.98 Å². The van der Waals surface area contributed by atoms with E-state index in [9.17, 15) is 9.90 Å². The highest BCUT2D eigenvalue weighted by Crippen LogP contribution is 2.29. The second-order valence-corrected chi connectivity index (χ2v) is 8.34. The molecular formula is C24H23N5O4S. The number of amidine groups is 1. The number of rotatable bonds is 8. The Morgan fingerprint density at radius 1 is 1.24 bits per heavy atom. The predicted molar refractivity (Wildman–Crippen MR) is 129 cm³/mol. The van der Waals surface area contributed by atoms with Crippen molar-refractivity contribution in [3.05, 3.63) is 77.6 Å². The van der Waals surface area contributed by atoms with Gasteiger partial charge in [0.15, 0.2) is 5.17 Å². The summed E-state index contributed by atoms with van der Waals surface area (Å²) in [6.07, 6.45) is 3.27. The van der Waals surface area contributed by atoms with Gasteiger partial charge in [0, 0.05) is 12.9 Å². The number of aryl methyl sites for hydroxylation is 1. The zero-order valence-electron chi connectivity index (χ0n) is 18.7. The number of benzene rings is 2. The number of nitrogens with zero attached hydrogens (tertiary/aromatic N) is 5. The molecule has 0 spiro atoms. The summed E-state index contributed by atoms with van der Waals surface area (Å²) >= 11 is 1.14. The summed E-state index contributed by atoms with van der Waals surface area (Å²) in [5.74, 6) is -0.607.